The number of pyridine rings is 1. The van der Waals surface area contributed by atoms with Gasteiger partial charge in [-0.1, -0.05) is 30.3 Å². The van der Waals surface area contributed by atoms with E-state index in [2.05, 4.69) is 27.4 Å². The van der Waals surface area contributed by atoms with Crippen LogP contribution in [0.3, 0.4) is 0 Å². The van der Waals surface area contributed by atoms with Gasteiger partial charge in [0.15, 0.2) is 0 Å². The number of hydrogen-bond acceptors (Lipinski definition) is 4. The fourth-order valence-electron chi connectivity index (χ4n) is 3.59. The molecule has 0 radical (unpaired) electrons. The maximum Gasteiger partial charge on any atom is 0.253 e. The number of aromatic nitrogens is 2. The van der Waals surface area contributed by atoms with Crippen molar-refractivity contribution in [3.63, 3.8) is 0 Å². The smallest absolute Gasteiger partial charge is 0.253 e. The summed E-state index contributed by atoms with van der Waals surface area (Å²) < 4.78 is 11.0. The van der Waals surface area contributed by atoms with E-state index in [1.165, 1.54) is 0 Å². The number of nitrogens with one attached hydrogen (secondary N) is 2. The van der Waals surface area contributed by atoms with Crippen LogP contribution in [0, 0.1) is 0 Å². The summed E-state index contributed by atoms with van der Waals surface area (Å²) in [4.78, 5) is 20.3. The minimum atomic E-state index is -0.0226. The van der Waals surface area contributed by atoms with Crippen LogP contribution in [0.5, 0.6) is 5.75 Å². The Bertz CT molecular complexity index is 966. The third-order valence-electron chi connectivity index (χ3n) is 4.89. The second kappa shape index (κ2) is 8.27. The number of ether oxygens (including phenoxy) is 2. The van der Waals surface area contributed by atoms with Crippen LogP contribution in [0.25, 0.3) is 11.3 Å². The van der Waals surface area contributed by atoms with Gasteiger partial charge in [-0.3, -0.25) is 9.78 Å². The molecule has 144 valence electrons. The summed E-state index contributed by atoms with van der Waals surface area (Å²) in [6.07, 6.45) is 4.89. The van der Waals surface area contributed by atoms with Crippen LogP contribution >= 0.6 is 0 Å². The number of nitrogens with zero attached hydrogens (tertiary/aromatic N) is 1. The van der Waals surface area contributed by atoms with Crippen molar-refractivity contribution in [1.29, 1.82) is 0 Å². The summed E-state index contributed by atoms with van der Waals surface area (Å²) in [7, 11) is 1.64. The molecule has 3 aromatic rings. The highest BCUT2D eigenvalue weighted by Crippen LogP contribution is 2.36. The van der Waals surface area contributed by atoms with Crippen molar-refractivity contribution in [3.8, 4) is 17.0 Å². The van der Waals surface area contributed by atoms with E-state index in [4.69, 9.17) is 9.47 Å². The van der Waals surface area contributed by atoms with E-state index >= 15 is 0 Å². The standard InChI is InChI=1S/C22H23N3O3/c1-27-11-12-28-19-14-23-9-7-16(19)21-17(13-15-5-3-2-4-6-15)20-18(25-21)8-10-24-22(20)26/h2-7,9,14,25H,8,10-13H2,1H3,(H,24,26). The number of fused-ring (bicyclic) bond motifs is 1. The summed E-state index contributed by atoms with van der Waals surface area (Å²) >= 11 is 0. The van der Waals surface area contributed by atoms with Crippen molar-refractivity contribution in [2.75, 3.05) is 26.9 Å². The first-order chi connectivity index (χ1) is 13.8. The van der Waals surface area contributed by atoms with E-state index in [0.29, 0.717) is 31.9 Å². The molecule has 6 heteroatoms. The van der Waals surface area contributed by atoms with Crippen molar-refractivity contribution in [2.24, 2.45) is 0 Å². The van der Waals surface area contributed by atoms with Gasteiger partial charge in [-0.25, -0.2) is 0 Å². The van der Waals surface area contributed by atoms with Crippen LogP contribution in [0.4, 0.5) is 0 Å². The summed E-state index contributed by atoms with van der Waals surface area (Å²) in [6, 6.07) is 12.1. The van der Waals surface area contributed by atoms with E-state index in [0.717, 1.165) is 40.1 Å². The number of carbonyl (C=O) groups excluding carboxylic acids is 1. The van der Waals surface area contributed by atoms with E-state index < -0.39 is 0 Å². The quantitative estimate of drug-likeness (QED) is 0.621. The lowest BCUT2D eigenvalue weighted by Crippen LogP contribution is -2.32. The first-order valence-electron chi connectivity index (χ1n) is 9.40. The van der Waals surface area contributed by atoms with Crippen LogP contribution in [0.15, 0.2) is 48.8 Å². The third-order valence-corrected chi connectivity index (χ3v) is 4.89. The number of benzene rings is 1. The van der Waals surface area contributed by atoms with Gasteiger partial charge in [0.1, 0.15) is 12.4 Å². The van der Waals surface area contributed by atoms with Crippen LogP contribution in [-0.2, 0) is 17.6 Å². The lowest BCUT2D eigenvalue weighted by atomic mass is 9.95. The predicted molar refractivity (Wildman–Crippen MR) is 107 cm³/mol. The van der Waals surface area contributed by atoms with E-state index in [1.54, 1.807) is 19.5 Å². The summed E-state index contributed by atoms with van der Waals surface area (Å²) in [5.74, 6) is 0.651. The van der Waals surface area contributed by atoms with E-state index in [1.807, 2.05) is 24.3 Å². The maximum absolute atomic E-state index is 12.6. The van der Waals surface area contributed by atoms with Gasteiger partial charge >= 0.3 is 0 Å². The Labute approximate surface area is 163 Å². The van der Waals surface area contributed by atoms with Crippen molar-refractivity contribution < 1.29 is 14.3 Å². The topological polar surface area (TPSA) is 76.2 Å². The molecule has 0 unspecified atom stereocenters. The molecule has 0 saturated heterocycles. The minimum Gasteiger partial charge on any atom is -0.489 e. The summed E-state index contributed by atoms with van der Waals surface area (Å²) in [5.41, 5.74) is 5.69. The average Bonchev–Trinajstić information content (AvgIpc) is 3.09. The number of carbonyl (C=O) groups is 1. The van der Waals surface area contributed by atoms with Gasteiger partial charge in [0, 0.05) is 44.0 Å². The van der Waals surface area contributed by atoms with Crippen LogP contribution < -0.4 is 10.1 Å². The molecular formula is C22H23N3O3. The number of methoxy groups -OCH3 is 1. The fraction of sp³-hybridized carbons (Fsp3) is 0.273. The van der Waals surface area contributed by atoms with Gasteiger partial charge in [-0.05, 0) is 17.2 Å². The lowest BCUT2D eigenvalue weighted by Gasteiger charge is -2.14. The maximum atomic E-state index is 12.6. The Morgan fingerprint density at radius 1 is 1.14 bits per heavy atom. The van der Waals surface area contributed by atoms with Gasteiger partial charge in [0.25, 0.3) is 5.91 Å². The molecule has 28 heavy (non-hydrogen) atoms. The van der Waals surface area contributed by atoms with Crippen molar-refractivity contribution in [2.45, 2.75) is 12.8 Å². The van der Waals surface area contributed by atoms with Gasteiger partial charge in [-0.15, -0.1) is 0 Å². The number of hydrogen-bond donors (Lipinski definition) is 2. The van der Waals surface area contributed by atoms with Gasteiger partial charge in [-0.2, -0.15) is 0 Å². The molecule has 4 rings (SSSR count). The molecule has 2 N–H and O–H groups in total. The molecule has 1 amide bonds. The number of amides is 1. The number of rotatable bonds is 7. The third kappa shape index (κ3) is 3.64. The zero-order valence-electron chi connectivity index (χ0n) is 15.8. The zero-order valence-corrected chi connectivity index (χ0v) is 15.8. The molecule has 2 aromatic heterocycles. The second-order valence-electron chi connectivity index (χ2n) is 6.71. The Morgan fingerprint density at radius 2 is 2.00 bits per heavy atom. The van der Waals surface area contributed by atoms with Crippen LogP contribution in [0.1, 0.15) is 27.2 Å². The highest BCUT2D eigenvalue weighted by molar-refractivity contribution is 6.00. The Kier molecular flexibility index (Phi) is 5.39. The van der Waals surface area contributed by atoms with E-state index in [9.17, 15) is 4.79 Å². The largest absolute Gasteiger partial charge is 0.489 e. The van der Waals surface area contributed by atoms with Crippen molar-refractivity contribution in [1.82, 2.24) is 15.3 Å². The summed E-state index contributed by atoms with van der Waals surface area (Å²) in [6.45, 7) is 1.57. The molecule has 1 aliphatic rings. The van der Waals surface area contributed by atoms with Gasteiger partial charge < -0.3 is 19.8 Å². The Balaban J connectivity index is 1.80. The molecule has 0 aliphatic carbocycles. The second-order valence-corrected chi connectivity index (χ2v) is 6.71. The van der Waals surface area contributed by atoms with Crippen LogP contribution in [0.2, 0.25) is 0 Å². The molecule has 0 fully saturated rings. The minimum absolute atomic E-state index is 0.0226. The number of H-pyrrole nitrogens is 1. The Hall–Kier alpha value is -3.12. The SMILES string of the molecule is COCCOc1cnccc1-c1[nH]c2c(c1Cc1ccccc1)C(=O)NCC2. The fourth-order valence-corrected chi connectivity index (χ4v) is 3.59. The molecule has 0 bridgehead atoms. The van der Waals surface area contributed by atoms with Crippen LogP contribution in [-0.4, -0.2) is 42.7 Å². The number of aromatic amines is 1. The Morgan fingerprint density at radius 3 is 2.82 bits per heavy atom. The first kappa shape index (κ1) is 18.3. The first-order valence-corrected chi connectivity index (χ1v) is 9.40. The molecule has 3 heterocycles. The monoisotopic (exact) mass is 377 g/mol. The van der Waals surface area contributed by atoms with E-state index in [-0.39, 0.29) is 5.91 Å². The zero-order chi connectivity index (χ0) is 19.3. The van der Waals surface area contributed by atoms with Crippen molar-refractivity contribution >= 4 is 5.91 Å². The molecule has 6 nitrogen and oxygen atoms in total. The predicted octanol–water partition coefficient (Wildman–Crippen LogP) is 2.98. The highest BCUT2D eigenvalue weighted by atomic mass is 16.5. The molecular weight excluding hydrogens is 354 g/mol. The lowest BCUT2D eigenvalue weighted by molar-refractivity contribution is 0.0945. The molecule has 1 aromatic carbocycles. The normalized spacial score (nSPS) is 13.1. The van der Waals surface area contributed by atoms with Gasteiger partial charge in [0.05, 0.1) is 24.1 Å². The molecule has 0 atom stereocenters. The van der Waals surface area contributed by atoms with Crippen molar-refractivity contribution in [3.05, 3.63) is 71.2 Å². The average molecular weight is 377 g/mol. The molecule has 1 aliphatic heterocycles. The van der Waals surface area contributed by atoms with Gasteiger partial charge in [0.2, 0.25) is 0 Å². The summed E-state index contributed by atoms with van der Waals surface area (Å²) in [5, 5.41) is 2.97. The highest BCUT2D eigenvalue weighted by Gasteiger charge is 2.27. The molecule has 0 saturated carbocycles. The molecule has 0 spiro atoms.